The molecular formula is C11H15F2NO. The summed E-state index contributed by atoms with van der Waals surface area (Å²) in [6.45, 7) is 2.42. The first kappa shape index (κ1) is 12.1. The Bertz CT molecular complexity index is 317. The second-order valence-electron chi connectivity index (χ2n) is 3.42. The SMILES string of the molecule is C[C@H](NCCCO)c1cc(F)ccc1F. The van der Waals surface area contributed by atoms with Gasteiger partial charge in [0, 0.05) is 18.2 Å². The zero-order chi connectivity index (χ0) is 11.3. The monoisotopic (exact) mass is 215 g/mol. The normalized spacial score (nSPS) is 12.8. The average Bonchev–Trinajstić information content (AvgIpc) is 2.22. The second kappa shape index (κ2) is 5.78. The highest BCUT2D eigenvalue weighted by Gasteiger charge is 2.10. The van der Waals surface area contributed by atoms with Crippen molar-refractivity contribution in [2.45, 2.75) is 19.4 Å². The molecule has 0 aromatic heterocycles. The maximum Gasteiger partial charge on any atom is 0.128 e. The van der Waals surface area contributed by atoms with Crippen molar-refractivity contribution in [3.8, 4) is 0 Å². The average molecular weight is 215 g/mol. The molecule has 0 unspecified atom stereocenters. The van der Waals surface area contributed by atoms with Crippen molar-refractivity contribution in [1.29, 1.82) is 0 Å². The van der Waals surface area contributed by atoms with Crippen LogP contribution in [0, 0.1) is 11.6 Å². The highest BCUT2D eigenvalue weighted by molar-refractivity contribution is 5.21. The molecule has 1 atom stereocenters. The van der Waals surface area contributed by atoms with Crippen LogP contribution in [0.15, 0.2) is 18.2 Å². The number of halogens is 2. The molecular weight excluding hydrogens is 200 g/mol. The standard InChI is InChI=1S/C11H15F2NO/c1-8(14-5-2-6-15)10-7-9(12)3-4-11(10)13/h3-4,7-8,14-15H,2,5-6H2,1H3/t8-/m0/s1. The molecule has 0 fully saturated rings. The van der Waals surface area contributed by atoms with Crippen molar-refractivity contribution < 1.29 is 13.9 Å². The molecule has 0 spiro atoms. The summed E-state index contributed by atoms with van der Waals surface area (Å²) in [5.41, 5.74) is 0.313. The Balaban J connectivity index is 2.64. The molecule has 0 aliphatic rings. The van der Waals surface area contributed by atoms with Crippen LogP contribution in [-0.2, 0) is 0 Å². The fourth-order valence-corrected chi connectivity index (χ4v) is 1.35. The maximum atomic E-state index is 13.3. The lowest BCUT2D eigenvalue weighted by Crippen LogP contribution is -2.21. The van der Waals surface area contributed by atoms with Crippen LogP contribution in [0.3, 0.4) is 0 Å². The number of aliphatic hydroxyl groups excluding tert-OH is 1. The van der Waals surface area contributed by atoms with Crippen molar-refractivity contribution >= 4 is 0 Å². The van der Waals surface area contributed by atoms with E-state index < -0.39 is 11.6 Å². The molecule has 1 rings (SSSR count). The molecule has 0 saturated carbocycles. The van der Waals surface area contributed by atoms with Crippen molar-refractivity contribution in [3.63, 3.8) is 0 Å². The lowest BCUT2D eigenvalue weighted by atomic mass is 10.1. The van der Waals surface area contributed by atoms with E-state index in [1.807, 2.05) is 0 Å². The minimum absolute atomic E-state index is 0.0886. The van der Waals surface area contributed by atoms with Crippen molar-refractivity contribution in [2.75, 3.05) is 13.2 Å². The molecule has 4 heteroatoms. The molecule has 2 nitrogen and oxygen atoms in total. The summed E-state index contributed by atoms with van der Waals surface area (Å²) in [4.78, 5) is 0. The number of rotatable bonds is 5. The molecule has 0 aliphatic carbocycles. The van der Waals surface area contributed by atoms with Gasteiger partial charge in [0.15, 0.2) is 0 Å². The first-order valence-corrected chi connectivity index (χ1v) is 4.94. The Labute approximate surface area is 87.9 Å². The fraction of sp³-hybridized carbons (Fsp3) is 0.455. The zero-order valence-electron chi connectivity index (χ0n) is 8.63. The largest absolute Gasteiger partial charge is 0.396 e. The van der Waals surface area contributed by atoms with Gasteiger partial charge >= 0.3 is 0 Å². The van der Waals surface area contributed by atoms with E-state index in [0.29, 0.717) is 18.5 Å². The summed E-state index contributed by atoms with van der Waals surface area (Å²) in [6, 6.07) is 3.15. The summed E-state index contributed by atoms with van der Waals surface area (Å²) in [7, 11) is 0. The quantitative estimate of drug-likeness (QED) is 0.736. The van der Waals surface area contributed by atoms with Gasteiger partial charge in [-0.1, -0.05) is 0 Å². The van der Waals surface area contributed by atoms with Gasteiger partial charge in [-0.3, -0.25) is 0 Å². The van der Waals surface area contributed by atoms with E-state index in [2.05, 4.69) is 5.32 Å². The molecule has 0 amide bonds. The molecule has 0 aliphatic heterocycles. The van der Waals surface area contributed by atoms with Crippen molar-refractivity contribution in [2.24, 2.45) is 0 Å². The molecule has 1 aromatic rings. The second-order valence-corrected chi connectivity index (χ2v) is 3.42. The third-order valence-electron chi connectivity index (χ3n) is 2.21. The summed E-state index contributed by atoms with van der Waals surface area (Å²) < 4.78 is 26.1. The lowest BCUT2D eigenvalue weighted by molar-refractivity contribution is 0.283. The Kier molecular flexibility index (Phi) is 4.65. The van der Waals surface area contributed by atoms with Crippen LogP contribution in [0.25, 0.3) is 0 Å². The first-order chi connectivity index (χ1) is 7.15. The van der Waals surface area contributed by atoms with Crippen LogP contribution in [0.5, 0.6) is 0 Å². The highest BCUT2D eigenvalue weighted by atomic mass is 19.1. The lowest BCUT2D eigenvalue weighted by Gasteiger charge is -2.14. The smallest absolute Gasteiger partial charge is 0.128 e. The summed E-state index contributed by atoms with van der Waals surface area (Å²) in [5.74, 6) is -0.859. The third-order valence-corrected chi connectivity index (χ3v) is 2.21. The van der Waals surface area contributed by atoms with Gasteiger partial charge in [-0.25, -0.2) is 8.78 Å². The molecule has 84 valence electrons. The molecule has 0 radical (unpaired) electrons. The summed E-state index contributed by atoms with van der Waals surface area (Å²) in [6.07, 6.45) is 0.598. The minimum Gasteiger partial charge on any atom is -0.396 e. The Morgan fingerprint density at radius 3 is 2.80 bits per heavy atom. The molecule has 1 aromatic carbocycles. The van der Waals surface area contributed by atoms with Crippen LogP contribution in [0.1, 0.15) is 24.9 Å². The van der Waals surface area contributed by atoms with Gasteiger partial charge < -0.3 is 10.4 Å². The van der Waals surface area contributed by atoms with Gasteiger partial charge in [0.25, 0.3) is 0 Å². The van der Waals surface area contributed by atoms with E-state index in [1.165, 1.54) is 6.07 Å². The highest BCUT2D eigenvalue weighted by Crippen LogP contribution is 2.17. The van der Waals surface area contributed by atoms with Crippen molar-refractivity contribution in [3.05, 3.63) is 35.4 Å². The van der Waals surface area contributed by atoms with Crippen LogP contribution >= 0.6 is 0 Å². The number of hydrogen-bond donors (Lipinski definition) is 2. The van der Waals surface area contributed by atoms with Gasteiger partial charge in [-0.05, 0) is 38.1 Å². The zero-order valence-corrected chi connectivity index (χ0v) is 8.63. The predicted octanol–water partition coefficient (Wildman–Crippen LogP) is 2.00. The molecule has 15 heavy (non-hydrogen) atoms. The Morgan fingerprint density at radius 2 is 2.13 bits per heavy atom. The first-order valence-electron chi connectivity index (χ1n) is 4.94. The van der Waals surface area contributed by atoms with Gasteiger partial charge in [-0.2, -0.15) is 0 Å². The van der Waals surface area contributed by atoms with Gasteiger partial charge in [0.2, 0.25) is 0 Å². The molecule has 0 bridgehead atoms. The van der Waals surface area contributed by atoms with E-state index in [-0.39, 0.29) is 12.6 Å². The molecule has 2 N–H and O–H groups in total. The molecule has 0 heterocycles. The van der Waals surface area contributed by atoms with E-state index in [0.717, 1.165) is 12.1 Å². The fourth-order valence-electron chi connectivity index (χ4n) is 1.35. The number of nitrogens with one attached hydrogen (secondary N) is 1. The van der Waals surface area contributed by atoms with Crippen LogP contribution in [-0.4, -0.2) is 18.3 Å². The van der Waals surface area contributed by atoms with Crippen LogP contribution in [0.4, 0.5) is 8.78 Å². The summed E-state index contributed by atoms with van der Waals surface area (Å²) >= 11 is 0. The summed E-state index contributed by atoms with van der Waals surface area (Å²) in [5, 5.41) is 11.6. The maximum absolute atomic E-state index is 13.3. The van der Waals surface area contributed by atoms with Crippen LogP contribution in [0.2, 0.25) is 0 Å². The van der Waals surface area contributed by atoms with Gasteiger partial charge in [0.1, 0.15) is 11.6 Å². The van der Waals surface area contributed by atoms with Gasteiger partial charge in [0.05, 0.1) is 0 Å². The predicted molar refractivity (Wildman–Crippen MR) is 54.5 cm³/mol. The minimum atomic E-state index is -0.442. The number of aliphatic hydroxyl groups is 1. The number of benzene rings is 1. The van der Waals surface area contributed by atoms with E-state index >= 15 is 0 Å². The van der Waals surface area contributed by atoms with E-state index in [9.17, 15) is 8.78 Å². The van der Waals surface area contributed by atoms with Crippen molar-refractivity contribution in [1.82, 2.24) is 5.32 Å². The van der Waals surface area contributed by atoms with E-state index in [1.54, 1.807) is 6.92 Å². The van der Waals surface area contributed by atoms with Gasteiger partial charge in [-0.15, -0.1) is 0 Å². The topological polar surface area (TPSA) is 32.3 Å². The Morgan fingerprint density at radius 1 is 1.40 bits per heavy atom. The Hall–Kier alpha value is -1.00. The third kappa shape index (κ3) is 3.57. The number of hydrogen-bond acceptors (Lipinski definition) is 2. The molecule has 0 saturated heterocycles. The van der Waals surface area contributed by atoms with Crippen LogP contribution < -0.4 is 5.32 Å². The van der Waals surface area contributed by atoms with E-state index in [4.69, 9.17) is 5.11 Å².